The van der Waals surface area contributed by atoms with Gasteiger partial charge in [0.05, 0.1) is 0 Å². The Kier molecular flexibility index (Phi) is 15.2. The standard InChI is InChI=1S/C29H56N4O2/c1-3-5-7-9-11-13-15-17-19-21-23-29(24-22-20-18-16-14-12-10-8-6-4-2)25-30-27(34)32-26(29)33-28(35)31-25/h25-26H,3-24H2,1-2H3,(H2,30,32,34)(H2,31,33,35). The fraction of sp³-hybridized carbons (Fsp3) is 0.931. The first-order valence-electron chi connectivity index (χ1n) is 15.3. The van der Waals surface area contributed by atoms with Crippen molar-refractivity contribution in [1.29, 1.82) is 0 Å². The van der Waals surface area contributed by atoms with E-state index < -0.39 is 0 Å². The lowest BCUT2D eigenvalue weighted by Crippen LogP contribution is -2.80. The number of hydrogen-bond acceptors (Lipinski definition) is 2. The molecule has 0 unspecified atom stereocenters. The monoisotopic (exact) mass is 492 g/mol. The molecule has 2 aliphatic heterocycles. The molecule has 0 aliphatic carbocycles. The van der Waals surface area contributed by atoms with Crippen molar-refractivity contribution in [2.75, 3.05) is 0 Å². The van der Waals surface area contributed by atoms with Crippen LogP contribution in [0.5, 0.6) is 0 Å². The Labute approximate surface area is 215 Å². The third-order valence-corrected chi connectivity index (χ3v) is 8.24. The van der Waals surface area contributed by atoms with Gasteiger partial charge in [-0.05, 0) is 12.8 Å². The molecule has 2 fully saturated rings. The van der Waals surface area contributed by atoms with Crippen molar-refractivity contribution in [3.05, 3.63) is 0 Å². The number of rotatable bonds is 22. The van der Waals surface area contributed by atoms with Gasteiger partial charge in [0.2, 0.25) is 0 Å². The predicted molar refractivity (Wildman–Crippen MR) is 146 cm³/mol. The third kappa shape index (κ3) is 11.0. The molecule has 204 valence electrons. The van der Waals surface area contributed by atoms with Crippen molar-refractivity contribution >= 4 is 12.1 Å². The first-order chi connectivity index (χ1) is 17.1. The van der Waals surface area contributed by atoms with E-state index >= 15 is 0 Å². The highest BCUT2D eigenvalue weighted by atomic mass is 16.2. The zero-order valence-corrected chi connectivity index (χ0v) is 23.0. The fourth-order valence-electron chi connectivity index (χ4n) is 6.01. The molecule has 6 heteroatoms. The van der Waals surface area contributed by atoms with Gasteiger partial charge in [0.25, 0.3) is 0 Å². The van der Waals surface area contributed by atoms with Gasteiger partial charge >= 0.3 is 12.1 Å². The third-order valence-electron chi connectivity index (χ3n) is 8.24. The summed E-state index contributed by atoms with van der Waals surface area (Å²) < 4.78 is 0. The van der Waals surface area contributed by atoms with E-state index in [4.69, 9.17) is 0 Å². The average Bonchev–Trinajstić information content (AvgIpc) is 2.82. The summed E-state index contributed by atoms with van der Waals surface area (Å²) in [6.45, 7) is 4.54. The van der Waals surface area contributed by atoms with Crippen LogP contribution in [0.4, 0.5) is 9.59 Å². The summed E-state index contributed by atoms with van der Waals surface area (Å²) in [5.41, 5.74) is -0.151. The molecule has 0 radical (unpaired) electrons. The molecule has 2 heterocycles. The summed E-state index contributed by atoms with van der Waals surface area (Å²) in [5.74, 6) is 0. The molecule has 0 spiro atoms. The van der Waals surface area contributed by atoms with Crippen LogP contribution in [0.2, 0.25) is 0 Å². The quantitative estimate of drug-likeness (QED) is 0.116. The highest BCUT2D eigenvalue weighted by molar-refractivity contribution is 5.82. The van der Waals surface area contributed by atoms with Crippen molar-refractivity contribution < 1.29 is 9.59 Å². The second-order valence-electron chi connectivity index (χ2n) is 11.2. The Hall–Kier alpha value is -1.46. The average molecular weight is 493 g/mol. The Morgan fingerprint density at radius 2 is 0.714 bits per heavy atom. The molecule has 2 aliphatic rings. The van der Waals surface area contributed by atoms with E-state index in [9.17, 15) is 9.59 Å². The van der Waals surface area contributed by atoms with Gasteiger partial charge in [-0.2, -0.15) is 0 Å². The molecule has 0 aromatic rings. The van der Waals surface area contributed by atoms with Crippen LogP contribution in [0.1, 0.15) is 155 Å². The van der Waals surface area contributed by atoms with Gasteiger partial charge in [-0.15, -0.1) is 0 Å². The maximum atomic E-state index is 12.1. The number of fused-ring (bicyclic) bond motifs is 2. The lowest BCUT2D eigenvalue weighted by molar-refractivity contribution is 0.0304. The normalized spacial score (nSPS) is 20.6. The number of nitrogens with one attached hydrogen (secondary N) is 4. The number of unbranched alkanes of at least 4 members (excludes halogenated alkanes) is 18. The lowest BCUT2D eigenvalue weighted by Gasteiger charge is -2.53. The number of amides is 4. The smallest absolute Gasteiger partial charge is 0.317 e. The van der Waals surface area contributed by atoms with Gasteiger partial charge in [-0.25, -0.2) is 9.59 Å². The van der Waals surface area contributed by atoms with Crippen LogP contribution < -0.4 is 21.3 Å². The van der Waals surface area contributed by atoms with E-state index in [0.29, 0.717) is 0 Å². The largest absolute Gasteiger partial charge is 0.318 e. The minimum absolute atomic E-state index is 0.151. The van der Waals surface area contributed by atoms with Gasteiger partial charge in [-0.1, -0.05) is 142 Å². The van der Waals surface area contributed by atoms with Crippen molar-refractivity contribution in [2.24, 2.45) is 5.41 Å². The predicted octanol–water partition coefficient (Wildman–Crippen LogP) is 7.87. The second-order valence-corrected chi connectivity index (χ2v) is 11.2. The molecule has 0 saturated carbocycles. The van der Waals surface area contributed by atoms with Crippen LogP contribution in [0.15, 0.2) is 0 Å². The number of carbonyl (C=O) groups is 2. The van der Waals surface area contributed by atoms with Crippen LogP contribution in [0.25, 0.3) is 0 Å². The number of carbonyl (C=O) groups excluding carboxylic acids is 2. The van der Waals surface area contributed by atoms with Crippen LogP contribution in [0, 0.1) is 5.41 Å². The summed E-state index contributed by atoms with van der Waals surface area (Å²) in [4.78, 5) is 24.3. The molecule has 2 rings (SSSR count). The molecule has 4 amide bonds. The minimum atomic E-state index is -0.271. The molecular formula is C29H56N4O2. The molecule has 6 nitrogen and oxygen atoms in total. The molecule has 35 heavy (non-hydrogen) atoms. The summed E-state index contributed by atoms with van der Waals surface area (Å²) in [5, 5.41) is 12.1. The number of urea groups is 2. The van der Waals surface area contributed by atoms with Crippen molar-refractivity contribution in [3.8, 4) is 0 Å². The highest BCUT2D eigenvalue weighted by Gasteiger charge is 2.53. The van der Waals surface area contributed by atoms with E-state index in [-0.39, 0.29) is 29.8 Å². The van der Waals surface area contributed by atoms with E-state index in [1.165, 1.54) is 116 Å². The molecule has 2 bridgehead atoms. The van der Waals surface area contributed by atoms with E-state index in [2.05, 4.69) is 35.1 Å². The zero-order chi connectivity index (χ0) is 25.2. The Balaban J connectivity index is 1.72. The topological polar surface area (TPSA) is 82.3 Å². The maximum absolute atomic E-state index is 12.1. The van der Waals surface area contributed by atoms with Gasteiger partial charge in [-0.3, -0.25) is 0 Å². The zero-order valence-electron chi connectivity index (χ0n) is 23.0. The van der Waals surface area contributed by atoms with Gasteiger partial charge < -0.3 is 21.3 Å². The highest BCUT2D eigenvalue weighted by Crippen LogP contribution is 2.40. The van der Waals surface area contributed by atoms with Crippen LogP contribution >= 0.6 is 0 Å². The molecule has 4 N–H and O–H groups in total. The fourth-order valence-corrected chi connectivity index (χ4v) is 6.01. The second kappa shape index (κ2) is 17.9. The molecule has 0 aromatic carbocycles. The minimum Gasteiger partial charge on any atom is -0.317 e. The number of hydrogen-bond donors (Lipinski definition) is 4. The van der Waals surface area contributed by atoms with E-state index in [0.717, 1.165) is 25.7 Å². The van der Waals surface area contributed by atoms with Gasteiger partial charge in [0.1, 0.15) is 12.3 Å². The molecule has 0 aromatic heterocycles. The van der Waals surface area contributed by atoms with E-state index in [1.807, 2.05) is 0 Å². The summed E-state index contributed by atoms with van der Waals surface area (Å²) in [6.07, 6.45) is 27.9. The van der Waals surface area contributed by atoms with Crippen LogP contribution in [-0.4, -0.2) is 24.4 Å². The lowest BCUT2D eigenvalue weighted by atomic mass is 9.70. The summed E-state index contributed by atoms with van der Waals surface area (Å²) >= 11 is 0. The maximum Gasteiger partial charge on any atom is 0.318 e. The summed E-state index contributed by atoms with van der Waals surface area (Å²) in [6, 6.07) is -0.372. The van der Waals surface area contributed by atoms with Gasteiger partial charge in [0, 0.05) is 5.41 Å². The van der Waals surface area contributed by atoms with E-state index in [1.54, 1.807) is 0 Å². The molecule has 2 saturated heterocycles. The van der Waals surface area contributed by atoms with Crippen molar-refractivity contribution in [1.82, 2.24) is 21.3 Å². The van der Waals surface area contributed by atoms with Crippen LogP contribution in [-0.2, 0) is 0 Å². The van der Waals surface area contributed by atoms with Crippen LogP contribution in [0.3, 0.4) is 0 Å². The Bertz CT molecular complexity index is 517. The van der Waals surface area contributed by atoms with Gasteiger partial charge in [0.15, 0.2) is 0 Å². The Morgan fingerprint density at radius 3 is 1.00 bits per heavy atom. The summed E-state index contributed by atoms with van der Waals surface area (Å²) in [7, 11) is 0. The first-order valence-corrected chi connectivity index (χ1v) is 15.3. The van der Waals surface area contributed by atoms with Crippen molar-refractivity contribution in [3.63, 3.8) is 0 Å². The Morgan fingerprint density at radius 1 is 0.457 bits per heavy atom. The molecule has 0 atom stereocenters. The molecular weight excluding hydrogens is 436 g/mol. The van der Waals surface area contributed by atoms with Crippen molar-refractivity contribution in [2.45, 2.75) is 167 Å². The first kappa shape index (κ1) is 29.8. The SMILES string of the molecule is CCCCCCCCCCCCC1(CCCCCCCCCCCC)C2NC(=O)NC1NC(=O)N2.